The van der Waals surface area contributed by atoms with Crippen LogP contribution in [-0.2, 0) is 25.8 Å². The van der Waals surface area contributed by atoms with Crippen LogP contribution in [0.3, 0.4) is 0 Å². The molecule has 26 heavy (non-hydrogen) atoms. The van der Waals surface area contributed by atoms with Crippen molar-refractivity contribution in [1.29, 1.82) is 0 Å². The molecule has 0 aliphatic carbocycles. The lowest BCUT2D eigenvalue weighted by molar-refractivity contribution is -0.197. The fraction of sp³-hybridized carbons (Fsp3) is 0.158. The largest absolute Gasteiger partial charge is 0.352 e. The monoisotopic (exact) mass is 350 g/mol. The molecule has 0 unspecified atom stereocenters. The van der Waals surface area contributed by atoms with E-state index in [9.17, 15) is 19.2 Å². The number of imide groups is 1. The fourth-order valence-corrected chi connectivity index (χ4v) is 3.16. The van der Waals surface area contributed by atoms with Gasteiger partial charge in [-0.05, 0) is 24.3 Å². The van der Waals surface area contributed by atoms with Gasteiger partial charge in [0.1, 0.15) is 6.54 Å². The van der Waals surface area contributed by atoms with Crippen LogP contribution in [0, 0.1) is 0 Å². The molecule has 0 N–H and O–H groups in total. The summed E-state index contributed by atoms with van der Waals surface area (Å²) in [6.45, 7) is -0.238. The van der Waals surface area contributed by atoms with Crippen LogP contribution in [0.4, 0.5) is 0 Å². The number of amides is 2. The first-order valence-electron chi connectivity index (χ1n) is 8.13. The average Bonchev–Trinajstić information content (AvgIpc) is 2.97. The summed E-state index contributed by atoms with van der Waals surface area (Å²) in [5.41, 5.74) is 1.03. The lowest BCUT2D eigenvalue weighted by Gasteiger charge is -2.16. The third-order valence-electron chi connectivity index (χ3n) is 4.37. The van der Waals surface area contributed by atoms with Crippen molar-refractivity contribution in [3.05, 3.63) is 58.8 Å². The van der Waals surface area contributed by atoms with E-state index >= 15 is 0 Å². The third kappa shape index (κ3) is 2.54. The molecule has 130 valence electrons. The normalized spacial score (nSPS) is 14.4. The lowest BCUT2D eigenvalue weighted by atomic mass is 10.1. The summed E-state index contributed by atoms with van der Waals surface area (Å²) in [6, 6.07) is 13.9. The minimum absolute atomic E-state index is 0.0377. The Morgan fingerprint density at radius 1 is 0.846 bits per heavy atom. The van der Waals surface area contributed by atoms with E-state index in [1.165, 1.54) is 0 Å². The van der Waals surface area contributed by atoms with Gasteiger partial charge < -0.3 is 9.40 Å². The summed E-state index contributed by atoms with van der Waals surface area (Å²) >= 11 is 0. The zero-order chi connectivity index (χ0) is 18.3. The van der Waals surface area contributed by atoms with Gasteiger partial charge in [-0.1, -0.05) is 24.3 Å². The minimum atomic E-state index is -0.757. The Hall–Kier alpha value is -3.48. The standard InChI is InChI=1S/C19H14N2O5/c22-16-9-10-17(23)21(16)26-18(24)11-20-14-7-3-1-5-12(14)19(25)13-6-2-4-8-15(13)20/h1-8H,9-11H2. The molecule has 1 aromatic heterocycles. The van der Waals surface area contributed by atoms with E-state index < -0.39 is 17.8 Å². The van der Waals surface area contributed by atoms with Crippen LogP contribution in [0.2, 0.25) is 0 Å². The lowest BCUT2D eigenvalue weighted by Crippen LogP contribution is -2.33. The van der Waals surface area contributed by atoms with Crippen LogP contribution >= 0.6 is 0 Å². The molecule has 7 nitrogen and oxygen atoms in total. The Morgan fingerprint density at radius 3 is 1.88 bits per heavy atom. The number of pyridine rings is 1. The zero-order valence-corrected chi connectivity index (χ0v) is 13.7. The highest BCUT2D eigenvalue weighted by atomic mass is 16.7. The van der Waals surface area contributed by atoms with E-state index in [-0.39, 0.29) is 24.8 Å². The highest BCUT2D eigenvalue weighted by Gasteiger charge is 2.33. The first kappa shape index (κ1) is 16.0. The Bertz CT molecular complexity index is 1060. The number of carbonyl (C=O) groups excluding carboxylic acids is 3. The SMILES string of the molecule is O=C(Cn1c2ccccc2c(=O)c2ccccc21)ON1C(=O)CCC1=O. The first-order chi connectivity index (χ1) is 12.6. The molecule has 0 spiro atoms. The molecule has 0 saturated carbocycles. The van der Waals surface area contributed by atoms with Crippen molar-refractivity contribution in [1.82, 2.24) is 9.63 Å². The zero-order valence-electron chi connectivity index (χ0n) is 13.7. The smallest absolute Gasteiger partial charge is 0.329 e. The van der Waals surface area contributed by atoms with E-state index in [1.54, 1.807) is 53.1 Å². The van der Waals surface area contributed by atoms with Crippen LogP contribution in [0.25, 0.3) is 21.8 Å². The number of aromatic nitrogens is 1. The summed E-state index contributed by atoms with van der Waals surface area (Å²) < 4.78 is 1.65. The third-order valence-corrected chi connectivity index (χ3v) is 4.37. The Kier molecular flexibility index (Phi) is 3.76. The number of hydrogen-bond donors (Lipinski definition) is 0. The van der Waals surface area contributed by atoms with Gasteiger partial charge in [0.2, 0.25) is 0 Å². The van der Waals surface area contributed by atoms with Crippen molar-refractivity contribution in [2.24, 2.45) is 0 Å². The molecule has 1 fully saturated rings. The molecule has 0 atom stereocenters. The molecule has 2 heterocycles. The second kappa shape index (κ2) is 6.11. The van der Waals surface area contributed by atoms with Crippen LogP contribution < -0.4 is 5.43 Å². The predicted octanol–water partition coefficient (Wildman–Crippen LogP) is 1.76. The number of rotatable bonds is 3. The Balaban J connectivity index is 1.79. The molecule has 0 radical (unpaired) electrons. The molecular weight excluding hydrogens is 336 g/mol. The van der Waals surface area contributed by atoms with E-state index in [0.29, 0.717) is 26.9 Å². The van der Waals surface area contributed by atoms with E-state index in [4.69, 9.17) is 4.84 Å². The number of hydroxylamine groups is 2. The molecule has 1 aliphatic rings. The first-order valence-corrected chi connectivity index (χ1v) is 8.13. The van der Waals surface area contributed by atoms with E-state index in [0.717, 1.165) is 0 Å². The molecule has 7 heteroatoms. The topological polar surface area (TPSA) is 85.7 Å². The molecule has 2 amide bonds. The molecular formula is C19H14N2O5. The summed E-state index contributed by atoms with van der Waals surface area (Å²) in [5, 5.41) is 1.48. The highest BCUT2D eigenvalue weighted by Crippen LogP contribution is 2.20. The molecule has 3 aromatic rings. The number of para-hydroxylation sites is 2. The summed E-state index contributed by atoms with van der Waals surface area (Å²) in [7, 11) is 0. The summed E-state index contributed by atoms with van der Waals surface area (Å²) in [6.07, 6.45) is 0.0754. The average molecular weight is 350 g/mol. The van der Waals surface area contributed by atoms with Crippen molar-refractivity contribution < 1.29 is 19.2 Å². The van der Waals surface area contributed by atoms with Crippen LogP contribution in [0.1, 0.15) is 12.8 Å². The van der Waals surface area contributed by atoms with Crippen molar-refractivity contribution in [2.45, 2.75) is 19.4 Å². The molecule has 2 aromatic carbocycles. The van der Waals surface area contributed by atoms with Gasteiger partial charge in [-0.3, -0.25) is 14.4 Å². The van der Waals surface area contributed by atoms with Crippen LogP contribution in [-0.4, -0.2) is 27.4 Å². The molecule has 4 rings (SSSR count). The fourth-order valence-electron chi connectivity index (χ4n) is 3.16. The van der Waals surface area contributed by atoms with Crippen molar-refractivity contribution in [3.8, 4) is 0 Å². The number of nitrogens with zero attached hydrogens (tertiary/aromatic N) is 2. The quantitative estimate of drug-likeness (QED) is 0.531. The van der Waals surface area contributed by atoms with Gasteiger partial charge in [-0.15, -0.1) is 5.06 Å². The maximum absolute atomic E-state index is 12.7. The molecule has 0 bridgehead atoms. The minimum Gasteiger partial charge on any atom is -0.329 e. The molecule has 1 saturated heterocycles. The van der Waals surface area contributed by atoms with Gasteiger partial charge in [-0.2, -0.15) is 0 Å². The van der Waals surface area contributed by atoms with Crippen LogP contribution in [0.15, 0.2) is 53.3 Å². The van der Waals surface area contributed by atoms with Gasteiger partial charge in [0.15, 0.2) is 5.43 Å². The summed E-state index contributed by atoms with van der Waals surface area (Å²) in [5.74, 6) is -1.82. The second-order valence-corrected chi connectivity index (χ2v) is 5.99. The predicted molar refractivity (Wildman–Crippen MR) is 92.9 cm³/mol. The van der Waals surface area contributed by atoms with Gasteiger partial charge in [0, 0.05) is 23.6 Å². The highest BCUT2D eigenvalue weighted by molar-refractivity contribution is 6.01. The van der Waals surface area contributed by atoms with Crippen molar-refractivity contribution in [2.75, 3.05) is 0 Å². The van der Waals surface area contributed by atoms with Gasteiger partial charge in [0.05, 0.1) is 11.0 Å². The van der Waals surface area contributed by atoms with Gasteiger partial charge >= 0.3 is 5.97 Å². The van der Waals surface area contributed by atoms with E-state index in [2.05, 4.69) is 0 Å². The Morgan fingerprint density at radius 2 is 1.35 bits per heavy atom. The maximum atomic E-state index is 12.7. The number of fused-ring (bicyclic) bond motifs is 2. The van der Waals surface area contributed by atoms with Gasteiger partial charge in [0.25, 0.3) is 11.8 Å². The summed E-state index contributed by atoms with van der Waals surface area (Å²) in [4.78, 5) is 53.2. The van der Waals surface area contributed by atoms with Crippen molar-refractivity contribution >= 4 is 39.6 Å². The Labute approximate surface area is 147 Å². The van der Waals surface area contributed by atoms with Crippen molar-refractivity contribution in [3.63, 3.8) is 0 Å². The number of hydrogen-bond acceptors (Lipinski definition) is 5. The van der Waals surface area contributed by atoms with E-state index in [1.807, 2.05) is 0 Å². The second-order valence-electron chi connectivity index (χ2n) is 5.99. The molecule has 1 aliphatic heterocycles. The number of benzene rings is 2. The number of carbonyl (C=O) groups is 3. The van der Waals surface area contributed by atoms with Crippen LogP contribution in [0.5, 0.6) is 0 Å². The van der Waals surface area contributed by atoms with Gasteiger partial charge in [-0.25, -0.2) is 4.79 Å². The maximum Gasteiger partial charge on any atom is 0.352 e.